The monoisotopic (exact) mass is 443 g/mol. The first kappa shape index (κ1) is 21.8. The molecule has 1 aromatic heterocycles. The summed E-state index contributed by atoms with van der Waals surface area (Å²) in [6, 6.07) is 10.8. The number of ether oxygens (including phenoxy) is 1. The van der Waals surface area contributed by atoms with Crippen LogP contribution in [-0.2, 0) is 21.4 Å². The van der Waals surface area contributed by atoms with E-state index in [-0.39, 0.29) is 28.7 Å². The van der Waals surface area contributed by atoms with E-state index in [0.29, 0.717) is 13.1 Å². The Hall–Kier alpha value is -2.45. The minimum absolute atomic E-state index is 0.0864. The van der Waals surface area contributed by atoms with Crippen molar-refractivity contribution in [2.45, 2.75) is 43.5 Å². The molecule has 2 aliphatic rings. The molecule has 2 aromatic rings. The highest BCUT2D eigenvalue weighted by Crippen LogP contribution is 2.48. The van der Waals surface area contributed by atoms with Crippen LogP contribution in [0.2, 0.25) is 0 Å². The average molecular weight is 444 g/mol. The molecular weight excluding hydrogens is 414 g/mol. The Labute approximate surface area is 183 Å². The lowest BCUT2D eigenvalue weighted by atomic mass is 9.67. The zero-order valence-corrected chi connectivity index (χ0v) is 18.6. The van der Waals surface area contributed by atoms with Gasteiger partial charge in [-0.3, -0.25) is 9.78 Å². The Balaban J connectivity index is 1.55. The molecule has 0 radical (unpaired) electrons. The summed E-state index contributed by atoms with van der Waals surface area (Å²) in [6.45, 7) is 0.941. The molecule has 8 heteroatoms. The summed E-state index contributed by atoms with van der Waals surface area (Å²) in [6.07, 6.45) is 7.86. The highest BCUT2D eigenvalue weighted by molar-refractivity contribution is 7.89. The zero-order valence-electron chi connectivity index (χ0n) is 17.8. The third-order valence-electron chi connectivity index (χ3n) is 6.70. The van der Waals surface area contributed by atoms with Crippen LogP contribution in [0.1, 0.15) is 37.7 Å². The number of rotatable bonds is 6. The number of carbonyl (C=O) groups excluding carboxylic acids is 1. The summed E-state index contributed by atoms with van der Waals surface area (Å²) in [7, 11) is -2.08. The van der Waals surface area contributed by atoms with Crippen LogP contribution in [0.3, 0.4) is 0 Å². The van der Waals surface area contributed by atoms with Crippen molar-refractivity contribution >= 4 is 15.9 Å². The molecule has 1 spiro atoms. The fourth-order valence-corrected chi connectivity index (χ4v) is 6.55. The van der Waals surface area contributed by atoms with E-state index in [0.717, 1.165) is 43.4 Å². The van der Waals surface area contributed by atoms with Crippen molar-refractivity contribution in [2.75, 3.05) is 20.2 Å². The SMILES string of the molecule is COc1ccccc1CNC(=O)[C@H]1CN(S(=O)(=O)c2cccnc2)CC12CCCCC2. The van der Waals surface area contributed by atoms with Crippen molar-refractivity contribution < 1.29 is 17.9 Å². The Morgan fingerprint density at radius 3 is 2.68 bits per heavy atom. The number of methoxy groups -OCH3 is 1. The molecule has 1 aliphatic carbocycles. The van der Waals surface area contributed by atoms with Crippen molar-refractivity contribution in [3.05, 3.63) is 54.4 Å². The second-order valence-corrected chi connectivity index (χ2v) is 10.4. The van der Waals surface area contributed by atoms with Gasteiger partial charge >= 0.3 is 0 Å². The number of pyridine rings is 1. The smallest absolute Gasteiger partial charge is 0.244 e. The molecule has 1 saturated heterocycles. The number of hydrogen-bond acceptors (Lipinski definition) is 5. The summed E-state index contributed by atoms with van der Waals surface area (Å²) in [5.74, 6) is 0.271. The molecule has 2 heterocycles. The fourth-order valence-electron chi connectivity index (χ4n) is 5.03. The number of hydrogen-bond donors (Lipinski definition) is 1. The van der Waals surface area contributed by atoms with E-state index in [9.17, 15) is 13.2 Å². The lowest BCUT2D eigenvalue weighted by Gasteiger charge is -2.37. The van der Waals surface area contributed by atoms with Crippen LogP contribution in [-0.4, -0.2) is 43.8 Å². The zero-order chi connectivity index (χ0) is 21.9. The van der Waals surface area contributed by atoms with Crippen LogP contribution in [0.4, 0.5) is 0 Å². The van der Waals surface area contributed by atoms with Crippen molar-refractivity contribution in [1.29, 1.82) is 0 Å². The van der Waals surface area contributed by atoms with E-state index in [1.54, 1.807) is 25.4 Å². The van der Waals surface area contributed by atoms with Crippen molar-refractivity contribution in [3.63, 3.8) is 0 Å². The quantitative estimate of drug-likeness (QED) is 0.742. The number of carbonyl (C=O) groups is 1. The maximum atomic E-state index is 13.3. The lowest BCUT2D eigenvalue weighted by Crippen LogP contribution is -2.42. The van der Waals surface area contributed by atoms with E-state index in [1.807, 2.05) is 24.3 Å². The molecule has 1 atom stereocenters. The standard InChI is InChI=1S/C23H29N3O4S/c1-30-21-10-4-3-8-18(21)14-25-22(27)20-16-26(17-23(20)11-5-2-6-12-23)31(28,29)19-9-7-13-24-15-19/h3-4,7-10,13,15,20H,2,5-6,11-12,14,16-17H2,1H3,(H,25,27)/t20-/m1/s1. The number of amides is 1. The first-order chi connectivity index (χ1) is 15.0. The van der Waals surface area contributed by atoms with Crippen LogP contribution in [0.15, 0.2) is 53.7 Å². The summed E-state index contributed by atoms with van der Waals surface area (Å²) in [5, 5.41) is 3.05. The summed E-state index contributed by atoms with van der Waals surface area (Å²) in [5.41, 5.74) is 0.590. The molecule has 0 unspecified atom stereocenters. The predicted octanol–water partition coefficient (Wildman–Crippen LogP) is 2.98. The maximum absolute atomic E-state index is 13.3. The van der Waals surface area contributed by atoms with Crippen LogP contribution in [0.5, 0.6) is 5.75 Å². The van der Waals surface area contributed by atoms with Gasteiger partial charge in [0.15, 0.2) is 0 Å². The Bertz CT molecular complexity index is 1020. The minimum atomic E-state index is -3.69. The van der Waals surface area contributed by atoms with Gasteiger partial charge in [0.05, 0.1) is 13.0 Å². The predicted molar refractivity (Wildman–Crippen MR) is 117 cm³/mol. The normalized spacial score (nSPS) is 21.1. The summed E-state index contributed by atoms with van der Waals surface area (Å²) >= 11 is 0. The second kappa shape index (κ2) is 8.96. The molecule has 166 valence electrons. The molecule has 1 N–H and O–H groups in total. The molecule has 2 fully saturated rings. The number of nitrogens with zero attached hydrogens (tertiary/aromatic N) is 2. The van der Waals surface area contributed by atoms with Gasteiger partial charge in [0, 0.05) is 37.6 Å². The second-order valence-electron chi connectivity index (χ2n) is 8.49. The third-order valence-corrected chi connectivity index (χ3v) is 8.50. The van der Waals surface area contributed by atoms with Gasteiger partial charge in [-0.15, -0.1) is 0 Å². The average Bonchev–Trinajstić information content (AvgIpc) is 3.18. The van der Waals surface area contributed by atoms with Gasteiger partial charge in [0.2, 0.25) is 15.9 Å². The van der Waals surface area contributed by atoms with Gasteiger partial charge in [0.1, 0.15) is 10.6 Å². The number of para-hydroxylation sites is 1. The Kier molecular flexibility index (Phi) is 6.29. The molecule has 4 rings (SSSR count). The fraction of sp³-hybridized carbons (Fsp3) is 0.478. The van der Waals surface area contributed by atoms with Crippen molar-refractivity contribution in [2.24, 2.45) is 11.3 Å². The van der Waals surface area contributed by atoms with Crippen LogP contribution in [0.25, 0.3) is 0 Å². The molecule has 7 nitrogen and oxygen atoms in total. The van der Waals surface area contributed by atoms with Crippen LogP contribution in [0, 0.1) is 11.3 Å². The largest absolute Gasteiger partial charge is 0.496 e. The number of aromatic nitrogens is 1. The molecular formula is C23H29N3O4S. The number of benzene rings is 1. The first-order valence-corrected chi connectivity index (χ1v) is 12.2. The topological polar surface area (TPSA) is 88.6 Å². The van der Waals surface area contributed by atoms with Gasteiger partial charge in [-0.1, -0.05) is 37.5 Å². The molecule has 1 saturated carbocycles. The molecule has 0 bridgehead atoms. The highest BCUT2D eigenvalue weighted by atomic mass is 32.2. The van der Waals surface area contributed by atoms with Crippen LogP contribution >= 0.6 is 0 Å². The lowest BCUT2D eigenvalue weighted by molar-refractivity contribution is -0.128. The van der Waals surface area contributed by atoms with E-state index < -0.39 is 10.0 Å². The molecule has 1 aromatic carbocycles. The highest BCUT2D eigenvalue weighted by Gasteiger charge is 2.53. The van der Waals surface area contributed by atoms with E-state index in [2.05, 4.69) is 10.3 Å². The first-order valence-electron chi connectivity index (χ1n) is 10.8. The van der Waals surface area contributed by atoms with Gasteiger partial charge in [-0.2, -0.15) is 4.31 Å². The van der Waals surface area contributed by atoms with Gasteiger partial charge in [-0.25, -0.2) is 8.42 Å². The van der Waals surface area contributed by atoms with E-state index in [1.165, 1.54) is 10.5 Å². The maximum Gasteiger partial charge on any atom is 0.244 e. The number of sulfonamides is 1. The van der Waals surface area contributed by atoms with Gasteiger partial charge in [-0.05, 0) is 36.5 Å². The van der Waals surface area contributed by atoms with Gasteiger partial charge < -0.3 is 10.1 Å². The summed E-state index contributed by atoms with van der Waals surface area (Å²) in [4.78, 5) is 17.5. The Morgan fingerprint density at radius 2 is 1.97 bits per heavy atom. The summed E-state index contributed by atoms with van der Waals surface area (Å²) < 4.78 is 33.3. The van der Waals surface area contributed by atoms with Crippen LogP contribution < -0.4 is 10.1 Å². The minimum Gasteiger partial charge on any atom is -0.496 e. The molecule has 1 amide bonds. The number of nitrogens with one attached hydrogen (secondary N) is 1. The van der Waals surface area contributed by atoms with Crippen molar-refractivity contribution in [1.82, 2.24) is 14.6 Å². The Morgan fingerprint density at radius 1 is 1.19 bits per heavy atom. The van der Waals surface area contributed by atoms with Crippen molar-refractivity contribution in [3.8, 4) is 5.75 Å². The molecule has 1 aliphatic heterocycles. The molecule has 31 heavy (non-hydrogen) atoms. The van der Waals surface area contributed by atoms with E-state index in [4.69, 9.17) is 4.74 Å². The van der Waals surface area contributed by atoms with E-state index >= 15 is 0 Å². The third kappa shape index (κ3) is 4.32. The van der Waals surface area contributed by atoms with Gasteiger partial charge in [0.25, 0.3) is 0 Å².